The van der Waals surface area contributed by atoms with E-state index < -0.39 is 58.5 Å². The molecule has 2 heterocycles. The highest BCUT2D eigenvalue weighted by molar-refractivity contribution is 6.32. The standard InChI is InChI=1S/C36H31Cl2FN2O6/c1-4-47-28-7-5-6-22(31(28)42)30-20-11-12-21-29(34(45)40(32(21)43)18-9-8-17(2)25(37)14-18)23(20)16-24-33(44)41(35(46)36(24,30)3)19-10-13-27(39)26(38)15-19/h5-11,13-15,21,23-24,29-30,42H,4,12,16H2,1-3H3/t21-,23+,24-,29-,30+,36+/m0/s1. The van der Waals surface area contributed by atoms with Crippen LogP contribution < -0.4 is 14.5 Å². The van der Waals surface area contributed by atoms with Crippen molar-refractivity contribution in [3.05, 3.63) is 93.2 Å². The number of amides is 4. The molecule has 0 bridgehead atoms. The molecule has 2 aliphatic carbocycles. The Morgan fingerprint density at radius 1 is 0.936 bits per heavy atom. The van der Waals surface area contributed by atoms with Crippen molar-refractivity contribution in [1.29, 1.82) is 0 Å². The van der Waals surface area contributed by atoms with Crippen LogP contribution in [0.5, 0.6) is 11.5 Å². The maximum Gasteiger partial charge on any atom is 0.241 e. The summed E-state index contributed by atoms with van der Waals surface area (Å²) >= 11 is 12.5. The number of phenols is 1. The summed E-state index contributed by atoms with van der Waals surface area (Å²) in [6, 6.07) is 13.7. The normalized spacial score (nSPS) is 28.3. The fourth-order valence-electron chi connectivity index (χ4n) is 8.25. The molecule has 242 valence electrons. The van der Waals surface area contributed by atoms with E-state index in [4.69, 9.17) is 27.9 Å². The number of imide groups is 2. The Labute approximate surface area is 280 Å². The van der Waals surface area contributed by atoms with E-state index in [0.717, 1.165) is 16.5 Å². The van der Waals surface area contributed by atoms with Crippen molar-refractivity contribution >= 4 is 58.2 Å². The fraction of sp³-hybridized carbons (Fsp3) is 0.333. The van der Waals surface area contributed by atoms with Crippen molar-refractivity contribution in [1.82, 2.24) is 0 Å². The maximum atomic E-state index is 14.6. The number of phenolic OH excluding ortho intramolecular Hbond substituents is 1. The molecular formula is C36H31Cl2FN2O6. The zero-order chi connectivity index (χ0) is 33.5. The third-order valence-electron chi connectivity index (χ3n) is 10.5. The predicted octanol–water partition coefficient (Wildman–Crippen LogP) is 6.98. The van der Waals surface area contributed by atoms with Crippen LogP contribution >= 0.6 is 23.2 Å². The molecule has 0 spiro atoms. The van der Waals surface area contributed by atoms with Gasteiger partial charge in [0.1, 0.15) is 5.82 Å². The highest BCUT2D eigenvalue weighted by atomic mass is 35.5. The first-order valence-electron chi connectivity index (χ1n) is 15.5. The lowest BCUT2D eigenvalue weighted by Gasteiger charge is -2.49. The van der Waals surface area contributed by atoms with E-state index in [1.807, 2.05) is 13.0 Å². The highest BCUT2D eigenvalue weighted by Crippen LogP contribution is 2.65. The number of benzene rings is 3. The summed E-state index contributed by atoms with van der Waals surface area (Å²) in [6.07, 6.45) is 2.25. The number of aromatic hydroxyl groups is 1. The molecule has 4 amide bonds. The van der Waals surface area contributed by atoms with E-state index in [2.05, 4.69) is 0 Å². The highest BCUT2D eigenvalue weighted by Gasteiger charge is 2.68. The maximum absolute atomic E-state index is 14.6. The van der Waals surface area contributed by atoms with Gasteiger partial charge < -0.3 is 9.84 Å². The van der Waals surface area contributed by atoms with Gasteiger partial charge in [0.2, 0.25) is 23.6 Å². The molecule has 6 atom stereocenters. The largest absolute Gasteiger partial charge is 0.504 e. The number of ether oxygens (including phenoxy) is 1. The fourth-order valence-corrected chi connectivity index (χ4v) is 8.60. The van der Waals surface area contributed by atoms with Gasteiger partial charge in [-0.15, -0.1) is 0 Å². The number of aryl methyl sites for hydroxylation is 1. The van der Waals surface area contributed by atoms with Gasteiger partial charge in [0, 0.05) is 16.5 Å². The molecule has 0 radical (unpaired) electrons. The average molecular weight is 678 g/mol. The Bertz CT molecular complexity index is 1930. The molecule has 2 saturated heterocycles. The molecule has 1 saturated carbocycles. The van der Waals surface area contributed by atoms with Crippen LogP contribution in [0.15, 0.2) is 66.2 Å². The van der Waals surface area contributed by atoms with Gasteiger partial charge in [-0.2, -0.15) is 0 Å². The van der Waals surface area contributed by atoms with Gasteiger partial charge >= 0.3 is 0 Å². The third-order valence-corrected chi connectivity index (χ3v) is 11.2. The number of hydrogen-bond donors (Lipinski definition) is 1. The van der Waals surface area contributed by atoms with Crippen LogP contribution in [0.3, 0.4) is 0 Å². The predicted molar refractivity (Wildman–Crippen MR) is 174 cm³/mol. The quantitative estimate of drug-likeness (QED) is 0.231. The number of halogens is 3. The van der Waals surface area contributed by atoms with Crippen LogP contribution in [-0.2, 0) is 19.2 Å². The molecule has 8 nitrogen and oxygen atoms in total. The Morgan fingerprint density at radius 2 is 1.64 bits per heavy atom. The van der Waals surface area contributed by atoms with Crippen molar-refractivity contribution < 1.29 is 33.4 Å². The van der Waals surface area contributed by atoms with Gasteiger partial charge in [-0.3, -0.25) is 19.2 Å². The van der Waals surface area contributed by atoms with Crippen LogP contribution in [0.2, 0.25) is 10.0 Å². The van der Waals surface area contributed by atoms with Crippen LogP contribution in [0.25, 0.3) is 0 Å². The minimum Gasteiger partial charge on any atom is -0.504 e. The first-order chi connectivity index (χ1) is 22.4. The topological polar surface area (TPSA) is 104 Å². The lowest BCUT2D eigenvalue weighted by atomic mass is 9.51. The first kappa shape index (κ1) is 31.4. The van der Waals surface area contributed by atoms with Crippen molar-refractivity contribution in [2.24, 2.45) is 29.1 Å². The number of rotatable bonds is 5. The van der Waals surface area contributed by atoms with E-state index in [9.17, 15) is 28.7 Å². The Kier molecular flexibility index (Phi) is 7.48. The molecule has 2 aliphatic heterocycles. The zero-order valence-corrected chi connectivity index (χ0v) is 27.3. The summed E-state index contributed by atoms with van der Waals surface area (Å²) in [6.45, 7) is 5.59. The lowest BCUT2D eigenvalue weighted by Crippen LogP contribution is -2.48. The van der Waals surface area contributed by atoms with Crippen molar-refractivity contribution in [2.75, 3.05) is 16.4 Å². The van der Waals surface area contributed by atoms with Crippen LogP contribution in [-0.4, -0.2) is 35.3 Å². The number of nitrogens with zero attached hydrogens (tertiary/aromatic N) is 2. The van der Waals surface area contributed by atoms with Crippen molar-refractivity contribution in [3.8, 4) is 11.5 Å². The molecule has 1 N–H and O–H groups in total. The molecule has 0 unspecified atom stereocenters. The molecular weight excluding hydrogens is 646 g/mol. The SMILES string of the molecule is CCOc1cccc([C@H]2C3=CC[C@@H]4C(=O)N(c5ccc(C)c(Cl)c5)C(=O)[C@@H]4[C@@H]3C[C@H]3C(=O)N(c4ccc(F)c(Cl)c4)C(=O)[C@@]23C)c1O. The van der Waals surface area contributed by atoms with Crippen LogP contribution in [0.1, 0.15) is 43.7 Å². The van der Waals surface area contributed by atoms with E-state index in [-0.39, 0.29) is 47.6 Å². The third kappa shape index (κ3) is 4.46. The summed E-state index contributed by atoms with van der Waals surface area (Å²) in [4.78, 5) is 59.3. The number of carbonyl (C=O) groups is 4. The number of anilines is 2. The van der Waals surface area contributed by atoms with Gasteiger partial charge in [-0.1, -0.05) is 53.1 Å². The second kappa shape index (κ2) is 11.2. The molecule has 7 rings (SSSR count). The molecule has 3 aromatic carbocycles. The molecule has 3 aromatic rings. The van der Waals surface area contributed by atoms with Crippen molar-refractivity contribution in [2.45, 2.75) is 39.5 Å². The Balaban J connectivity index is 1.38. The molecule has 47 heavy (non-hydrogen) atoms. The van der Waals surface area contributed by atoms with Gasteiger partial charge in [0.05, 0.1) is 46.2 Å². The number of para-hydroxylation sites is 1. The van der Waals surface area contributed by atoms with Crippen molar-refractivity contribution in [3.63, 3.8) is 0 Å². The smallest absolute Gasteiger partial charge is 0.241 e. The monoisotopic (exact) mass is 676 g/mol. The van der Waals surface area contributed by atoms with E-state index >= 15 is 0 Å². The van der Waals surface area contributed by atoms with Crippen LogP contribution in [0, 0.1) is 41.8 Å². The minimum atomic E-state index is -1.41. The summed E-state index contributed by atoms with van der Waals surface area (Å²) in [5, 5.41) is 11.7. The zero-order valence-electron chi connectivity index (χ0n) is 25.8. The first-order valence-corrected chi connectivity index (χ1v) is 16.3. The van der Waals surface area contributed by atoms with E-state index in [1.54, 1.807) is 50.2 Å². The Hall–Kier alpha value is -4.21. The van der Waals surface area contributed by atoms with Gasteiger partial charge in [-0.05, 0) is 81.5 Å². The Morgan fingerprint density at radius 3 is 2.34 bits per heavy atom. The minimum absolute atomic E-state index is 0.115. The van der Waals surface area contributed by atoms with Gasteiger partial charge in [0.15, 0.2) is 11.5 Å². The summed E-state index contributed by atoms with van der Waals surface area (Å²) in [5.41, 5.74) is 0.965. The molecule has 11 heteroatoms. The number of carbonyl (C=O) groups excluding carboxylic acids is 4. The lowest BCUT2D eigenvalue weighted by molar-refractivity contribution is -0.131. The van der Waals surface area contributed by atoms with E-state index in [0.29, 0.717) is 21.8 Å². The van der Waals surface area contributed by atoms with Gasteiger partial charge in [-0.25, -0.2) is 14.2 Å². The number of allylic oxidation sites excluding steroid dienone is 2. The number of fused-ring (bicyclic) bond motifs is 4. The van der Waals surface area contributed by atoms with Gasteiger partial charge in [0.25, 0.3) is 0 Å². The van der Waals surface area contributed by atoms with Crippen LogP contribution in [0.4, 0.5) is 15.8 Å². The second-order valence-electron chi connectivity index (χ2n) is 12.8. The number of hydrogen-bond acceptors (Lipinski definition) is 6. The molecule has 3 fully saturated rings. The second-order valence-corrected chi connectivity index (χ2v) is 13.6. The molecule has 4 aliphatic rings. The van der Waals surface area contributed by atoms with E-state index in [1.165, 1.54) is 17.0 Å². The summed E-state index contributed by atoms with van der Waals surface area (Å²) in [5.74, 6) is -6.32. The summed E-state index contributed by atoms with van der Waals surface area (Å²) < 4.78 is 19.8. The molecule has 0 aromatic heterocycles. The average Bonchev–Trinajstić information content (AvgIpc) is 3.41. The summed E-state index contributed by atoms with van der Waals surface area (Å²) in [7, 11) is 0.